The molecular weight excluding hydrogens is 204 g/mol. The fourth-order valence-electron chi connectivity index (χ4n) is 2.64. The van der Waals surface area contributed by atoms with E-state index < -0.39 is 0 Å². The Morgan fingerprint density at radius 1 is 1.53 bits per heavy atom. The van der Waals surface area contributed by atoms with Crippen molar-refractivity contribution in [2.75, 3.05) is 24.6 Å². The average Bonchev–Trinajstić information content (AvgIpc) is 2.75. The predicted octanol–water partition coefficient (Wildman–Crippen LogP) is 1.95. The van der Waals surface area contributed by atoms with Gasteiger partial charge in [-0.25, -0.2) is 0 Å². The van der Waals surface area contributed by atoms with Gasteiger partial charge in [-0.2, -0.15) is 11.8 Å². The minimum absolute atomic E-state index is 0.347. The topological polar surface area (TPSA) is 15.3 Å². The van der Waals surface area contributed by atoms with E-state index in [2.05, 4.69) is 42.7 Å². The number of rotatable bonds is 2. The van der Waals surface area contributed by atoms with Crippen LogP contribution in [-0.2, 0) is 0 Å². The van der Waals surface area contributed by atoms with Gasteiger partial charge in [-0.15, -0.1) is 0 Å². The summed E-state index contributed by atoms with van der Waals surface area (Å²) in [7, 11) is 0. The molecule has 2 saturated heterocycles. The number of nitrogens with one attached hydrogen (secondary N) is 1. The maximum absolute atomic E-state index is 3.70. The Kier molecular flexibility index (Phi) is 3.63. The molecule has 1 N–H and O–H groups in total. The molecule has 0 aromatic heterocycles. The Hall–Kier alpha value is 0.270. The molecule has 0 aliphatic carbocycles. The summed E-state index contributed by atoms with van der Waals surface area (Å²) in [6.45, 7) is 9.42. The molecule has 88 valence electrons. The van der Waals surface area contributed by atoms with Crippen LogP contribution >= 0.6 is 11.8 Å². The molecule has 0 bridgehead atoms. The van der Waals surface area contributed by atoms with Crippen molar-refractivity contribution >= 4 is 11.8 Å². The maximum Gasteiger partial charge on any atom is 0.0278 e. The Morgan fingerprint density at radius 2 is 2.33 bits per heavy atom. The first-order valence-electron chi connectivity index (χ1n) is 6.23. The van der Waals surface area contributed by atoms with Gasteiger partial charge >= 0.3 is 0 Å². The minimum Gasteiger partial charge on any atom is -0.309 e. The minimum atomic E-state index is 0.347. The number of thioether (sulfide) groups is 1. The summed E-state index contributed by atoms with van der Waals surface area (Å²) in [5.41, 5.74) is 0.347. The third-order valence-corrected chi connectivity index (χ3v) is 5.22. The van der Waals surface area contributed by atoms with E-state index in [0.717, 1.165) is 12.6 Å². The summed E-state index contributed by atoms with van der Waals surface area (Å²) in [6.07, 6.45) is 2.63. The van der Waals surface area contributed by atoms with Crippen LogP contribution in [0, 0.1) is 0 Å². The molecule has 0 amide bonds. The molecule has 2 fully saturated rings. The van der Waals surface area contributed by atoms with Crippen LogP contribution < -0.4 is 5.32 Å². The van der Waals surface area contributed by atoms with Gasteiger partial charge in [-0.1, -0.05) is 6.92 Å². The Bertz CT molecular complexity index is 216. The summed E-state index contributed by atoms with van der Waals surface area (Å²) in [5, 5.41) is 3.70. The standard InChI is InChI=1S/C12H24N2S/c1-4-12(3)9-14(10(2)7-13-12)11-5-6-15-8-11/h10-11,13H,4-9H2,1-3H3. The predicted molar refractivity (Wildman–Crippen MR) is 68.6 cm³/mol. The summed E-state index contributed by atoms with van der Waals surface area (Å²) in [4.78, 5) is 2.75. The van der Waals surface area contributed by atoms with E-state index in [9.17, 15) is 0 Å². The lowest BCUT2D eigenvalue weighted by molar-refractivity contribution is 0.0627. The molecule has 2 heterocycles. The highest BCUT2D eigenvalue weighted by atomic mass is 32.2. The molecule has 0 spiro atoms. The van der Waals surface area contributed by atoms with Crippen molar-refractivity contribution in [1.82, 2.24) is 10.2 Å². The van der Waals surface area contributed by atoms with Crippen LogP contribution in [-0.4, -0.2) is 47.1 Å². The molecule has 2 aliphatic heterocycles. The normalized spacial score (nSPS) is 43.4. The number of hydrogen-bond donors (Lipinski definition) is 1. The second kappa shape index (κ2) is 4.64. The highest BCUT2D eigenvalue weighted by Crippen LogP contribution is 2.28. The second-order valence-electron chi connectivity index (χ2n) is 5.33. The van der Waals surface area contributed by atoms with Crippen molar-refractivity contribution in [2.24, 2.45) is 0 Å². The SMILES string of the molecule is CCC1(C)CN(C2CCSC2)C(C)CN1. The van der Waals surface area contributed by atoms with Crippen molar-refractivity contribution in [2.45, 2.75) is 51.2 Å². The van der Waals surface area contributed by atoms with Gasteiger partial charge in [-0.05, 0) is 32.4 Å². The molecular formula is C12H24N2S. The molecule has 3 unspecified atom stereocenters. The van der Waals surface area contributed by atoms with Crippen LogP contribution in [0.5, 0.6) is 0 Å². The first-order chi connectivity index (χ1) is 7.14. The van der Waals surface area contributed by atoms with Gasteiger partial charge in [-0.3, -0.25) is 4.90 Å². The first-order valence-corrected chi connectivity index (χ1v) is 7.38. The van der Waals surface area contributed by atoms with Crippen LogP contribution in [0.25, 0.3) is 0 Å². The Balaban J connectivity index is 2.01. The zero-order chi connectivity index (χ0) is 10.9. The Morgan fingerprint density at radius 3 is 2.93 bits per heavy atom. The van der Waals surface area contributed by atoms with E-state index in [1.54, 1.807) is 0 Å². The highest BCUT2D eigenvalue weighted by Gasteiger charge is 2.36. The van der Waals surface area contributed by atoms with Crippen molar-refractivity contribution in [1.29, 1.82) is 0 Å². The quantitative estimate of drug-likeness (QED) is 0.778. The van der Waals surface area contributed by atoms with E-state index in [4.69, 9.17) is 0 Å². The van der Waals surface area contributed by atoms with Gasteiger partial charge in [0.2, 0.25) is 0 Å². The molecule has 15 heavy (non-hydrogen) atoms. The van der Waals surface area contributed by atoms with Gasteiger partial charge in [0, 0.05) is 36.5 Å². The molecule has 0 radical (unpaired) electrons. The maximum atomic E-state index is 3.70. The number of nitrogens with zero attached hydrogens (tertiary/aromatic N) is 1. The van der Waals surface area contributed by atoms with E-state index in [0.29, 0.717) is 11.6 Å². The van der Waals surface area contributed by atoms with E-state index in [1.165, 1.54) is 30.9 Å². The molecule has 2 rings (SSSR count). The van der Waals surface area contributed by atoms with Crippen molar-refractivity contribution in [3.05, 3.63) is 0 Å². The summed E-state index contributed by atoms with van der Waals surface area (Å²) >= 11 is 2.12. The third kappa shape index (κ3) is 2.51. The average molecular weight is 228 g/mol. The zero-order valence-electron chi connectivity index (χ0n) is 10.3. The van der Waals surface area contributed by atoms with Crippen LogP contribution in [0.3, 0.4) is 0 Å². The molecule has 0 saturated carbocycles. The lowest BCUT2D eigenvalue weighted by atomic mass is 9.92. The summed E-state index contributed by atoms with van der Waals surface area (Å²) < 4.78 is 0. The van der Waals surface area contributed by atoms with Gasteiger partial charge in [0.25, 0.3) is 0 Å². The summed E-state index contributed by atoms with van der Waals surface area (Å²) in [5.74, 6) is 2.72. The lowest BCUT2D eigenvalue weighted by Crippen LogP contribution is -2.64. The Labute approximate surface area is 98.2 Å². The van der Waals surface area contributed by atoms with Gasteiger partial charge < -0.3 is 5.32 Å². The molecule has 2 nitrogen and oxygen atoms in total. The number of hydrogen-bond acceptors (Lipinski definition) is 3. The largest absolute Gasteiger partial charge is 0.309 e. The zero-order valence-corrected chi connectivity index (χ0v) is 11.1. The van der Waals surface area contributed by atoms with Crippen LogP contribution in [0.15, 0.2) is 0 Å². The second-order valence-corrected chi connectivity index (χ2v) is 6.48. The smallest absolute Gasteiger partial charge is 0.0278 e. The fraction of sp³-hybridized carbons (Fsp3) is 1.00. The summed E-state index contributed by atoms with van der Waals surface area (Å²) in [6, 6.07) is 1.56. The van der Waals surface area contributed by atoms with E-state index in [1.807, 2.05) is 0 Å². The molecule has 2 aliphatic rings. The number of piperazine rings is 1. The van der Waals surface area contributed by atoms with Crippen LogP contribution in [0.2, 0.25) is 0 Å². The van der Waals surface area contributed by atoms with Crippen molar-refractivity contribution in [3.63, 3.8) is 0 Å². The van der Waals surface area contributed by atoms with Gasteiger partial charge in [0.15, 0.2) is 0 Å². The monoisotopic (exact) mass is 228 g/mol. The molecule has 0 aromatic carbocycles. The molecule has 0 aromatic rings. The van der Waals surface area contributed by atoms with E-state index in [-0.39, 0.29) is 0 Å². The first kappa shape index (κ1) is 11.7. The van der Waals surface area contributed by atoms with Crippen molar-refractivity contribution < 1.29 is 0 Å². The van der Waals surface area contributed by atoms with Crippen LogP contribution in [0.4, 0.5) is 0 Å². The third-order valence-electron chi connectivity index (χ3n) is 4.08. The molecule has 3 atom stereocenters. The van der Waals surface area contributed by atoms with Gasteiger partial charge in [0.05, 0.1) is 0 Å². The fourth-order valence-corrected chi connectivity index (χ4v) is 3.87. The molecule has 3 heteroatoms. The van der Waals surface area contributed by atoms with Gasteiger partial charge in [0.1, 0.15) is 0 Å². The highest BCUT2D eigenvalue weighted by molar-refractivity contribution is 7.99. The van der Waals surface area contributed by atoms with E-state index >= 15 is 0 Å². The van der Waals surface area contributed by atoms with Crippen molar-refractivity contribution in [3.8, 4) is 0 Å². The lowest BCUT2D eigenvalue weighted by Gasteiger charge is -2.47. The van der Waals surface area contributed by atoms with Crippen LogP contribution in [0.1, 0.15) is 33.6 Å².